The first kappa shape index (κ1) is 17.9. The number of aromatic nitrogens is 1. The number of rotatable bonds is 3. The number of nitrogens with one attached hydrogen (secondary N) is 2. The van der Waals surface area contributed by atoms with Crippen molar-refractivity contribution >= 4 is 15.7 Å². The molecule has 0 bridgehead atoms. The summed E-state index contributed by atoms with van der Waals surface area (Å²) in [5.41, 5.74) is 3.28. The molecule has 1 aliphatic heterocycles. The summed E-state index contributed by atoms with van der Waals surface area (Å²) in [6.07, 6.45) is 2.70. The third kappa shape index (κ3) is 3.55. The van der Waals surface area contributed by atoms with E-state index < -0.39 is 21.8 Å². The van der Waals surface area contributed by atoms with E-state index in [0.717, 1.165) is 22.1 Å². The van der Waals surface area contributed by atoms with Crippen LogP contribution in [0.2, 0.25) is 0 Å². The number of aryl methyl sites for hydroxylation is 2. The summed E-state index contributed by atoms with van der Waals surface area (Å²) >= 11 is 0. The lowest BCUT2D eigenvalue weighted by atomic mass is 10.0. The average Bonchev–Trinajstić information content (AvgIpc) is 2.90. The largest absolute Gasteiger partial charge is 0.428 e. The maximum absolute atomic E-state index is 12.3. The van der Waals surface area contributed by atoms with Crippen LogP contribution in [0.25, 0.3) is 11.1 Å². The van der Waals surface area contributed by atoms with E-state index in [0.29, 0.717) is 10.3 Å². The zero-order valence-corrected chi connectivity index (χ0v) is 15.2. The quantitative estimate of drug-likeness (QED) is 0.708. The van der Waals surface area contributed by atoms with Crippen molar-refractivity contribution in [2.45, 2.75) is 19.9 Å². The van der Waals surface area contributed by atoms with E-state index in [1.54, 1.807) is 0 Å². The Morgan fingerprint density at radius 1 is 1.27 bits per heavy atom. The molecule has 1 amide bonds. The molecule has 136 valence electrons. The molecule has 8 heteroatoms. The number of pyridine rings is 1. The molecule has 3 rings (SSSR count). The molecule has 0 radical (unpaired) electrons. The predicted octanol–water partition coefficient (Wildman–Crippen LogP) is 1.53. The highest BCUT2D eigenvalue weighted by molar-refractivity contribution is 7.94. The molecule has 3 N–H and O–H groups in total. The fourth-order valence-electron chi connectivity index (χ4n) is 2.76. The van der Waals surface area contributed by atoms with Gasteiger partial charge in [-0.2, -0.15) is 4.73 Å². The van der Waals surface area contributed by atoms with E-state index in [9.17, 15) is 18.4 Å². The highest BCUT2D eigenvalue weighted by atomic mass is 32.2. The summed E-state index contributed by atoms with van der Waals surface area (Å²) in [6.45, 7) is 3.94. The predicted molar refractivity (Wildman–Crippen MR) is 96.6 cm³/mol. The Morgan fingerprint density at radius 3 is 2.62 bits per heavy atom. The van der Waals surface area contributed by atoms with Crippen molar-refractivity contribution < 1.29 is 18.4 Å². The minimum atomic E-state index is -3.29. The van der Waals surface area contributed by atoms with Crippen molar-refractivity contribution in [1.82, 2.24) is 10.0 Å². The second-order valence-corrected chi connectivity index (χ2v) is 8.30. The fraction of sp³-hybridized carbons (Fsp3) is 0.222. The Labute approximate surface area is 151 Å². The van der Waals surface area contributed by atoms with Gasteiger partial charge < -0.3 is 15.9 Å². The van der Waals surface area contributed by atoms with E-state index in [-0.39, 0.29) is 16.8 Å². The van der Waals surface area contributed by atoms with Gasteiger partial charge in [-0.25, -0.2) is 8.42 Å². The molecule has 0 saturated carbocycles. The van der Waals surface area contributed by atoms with Gasteiger partial charge in [0.15, 0.2) is 9.84 Å². The number of amides is 1. The third-order valence-corrected chi connectivity index (χ3v) is 5.76. The monoisotopic (exact) mass is 373 g/mol. The lowest BCUT2D eigenvalue weighted by Gasteiger charge is -2.14. The molecule has 1 aromatic heterocycles. The van der Waals surface area contributed by atoms with E-state index in [4.69, 9.17) is 5.41 Å². The van der Waals surface area contributed by atoms with Gasteiger partial charge in [-0.15, -0.1) is 0 Å². The van der Waals surface area contributed by atoms with Crippen molar-refractivity contribution in [3.05, 3.63) is 64.1 Å². The van der Waals surface area contributed by atoms with Crippen LogP contribution in [0.4, 0.5) is 0 Å². The minimum absolute atomic E-state index is 0.0817. The first-order valence-electron chi connectivity index (χ1n) is 7.96. The first-order valence-corrected chi connectivity index (χ1v) is 9.68. The molecule has 7 nitrogen and oxygen atoms in total. The minimum Gasteiger partial charge on any atom is -0.428 e. The van der Waals surface area contributed by atoms with Gasteiger partial charge in [0, 0.05) is 11.0 Å². The van der Waals surface area contributed by atoms with Crippen LogP contribution >= 0.6 is 0 Å². The van der Waals surface area contributed by atoms with Gasteiger partial charge in [-0.3, -0.25) is 4.79 Å². The summed E-state index contributed by atoms with van der Waals surface area (Å²) in [4.78, 5) is 12.3. The Hall–Kier alpha value is -2.87. The van der Waals surface area contributed by atoms with Gasteiger partial charge >= 0.3 is 0 Å². The van der Waals surface area contributed by atoms with E-state index >= 15 is 0 Å². The molecular weight excluding hydrogens is 354 g/mol. The standard InChI is InChI=1S/C18H19N3O4S/c1-11-3-4-13(7-12(11)2)15-9-21(23)17(8-16(15)19)18(22)20-14-5-6-26(24,25)10-14/h3-9,14,19,23H,10H2,1-2H3,(H,20,22). The van der Waals surface area contributed by atoms with Gasteiger partial charge in [-0.1, -0.05) is 18.2 Å². The van der Waals surface area contributed by atoms with Crippen molar-refractivity contribution in [3.63, 3.8) is 0 Å². The Balaban J connectivity index is 1.90. The van der Waals surface area contributed by atoms with Crippen molar-refractivity contribution in [2.75, 3.05) is 5.75 Å². The maximum Gasteiger partial charge on any atom is 0.271 e. The maximum atomic E-state index is 12.3. The molecule has 0 fully saturated rings. The molecule has 0 aliphatic carbocycles. The van der Waals surface area contributed by atoms with Gasteiger partial charge in [0.1, 0.15) is 5.69 Å². The molecule has 2 aromatic rings. The molecule has 1 aliphatic rings. The Bertz CT molecular complexity index is 1080. The van der Waals surface area contributed by atoms with Gasteiger partial charge in [0.25, 0.3) is 5.91 Å². The first-order chi connectivity index (χ1) is 12.2. The lowest BCUT2D eigenvalue weighted by Crippen LogP contribution is -2.37. The highest BCUT2D eigenvalue weighted by Gasteiger charge is 2.24. The Morgan fingerprint density at radius 2 is 2.00 bits per heavy atom. The fourth-order valence-corrected chi connectivity index (χ4v) is 3.99. The number of nitrogens with zero attached hydrogens (tertiary/aromatic N) is 1. The number of hydrogen-bond donors (Lipinski definition) is 3. The zero-order valence-electron chi connectivity index (χ0n) is 14.4. The van der Waals surface area contributed by atoms with Gasteiger partial charge in [0.05, 0.1) is 23.3 Å². The van der Waals surface area contributed by atoms with Crippen LogP contribution in [0.5, 0.6) is 0 Å². The Kier molecular flexibility index (Phi) is 4.45. The van der Waals surface area contributed by atoms with Crippen LogP contribution in [0.3, 0.4) is 0 Å². The van der Waals surface area contributed by atoms with E-state index in [2.05, 4.69) is 5.32 Å². The number of carbonyl (C=O) groups is 1. The van der Waals surface area contributed by atoms with Crippen molar-refractivity contribution in [1.29, 1.82) is 5.41 Å². The topological polar surface area (TPSA) is 112 Å². The summed E-state index contributed by atoms with van der Waals surface area (Å²) in [5, 5.41) is 22.0. The summed E-state index contributed by atoms with van der Waals surface area (Å²) < 4.78 is 23.5. The second-order valence-electron chi connectivity index (χ2n) is 6.37. The van der Waals surface area contributed by atoms with Crippen LogP contribution in [0.1, 0.15) is 21.6 Å². The summed E-state index contributed by atoms with van der Waals surface area (Å²) in [5.74, 6) is -0.863. The van der Waals surface area contributed by atoms with Crippen molar-refractivity contribution in [2.24, 2.45) is 0 Å². The highest BCUT2D eigenvalue weighted by Crippen LogP contribution is 2.19. The number of hydrogen-bond acceptors (Lipinski definition) is 5. The second kappa shape index (κ2) is 6.45. The molecule has 1 aromatic carbocycles. The molecule has 2 heterocycles. The summed E-state index contributed by atoms with van der Waals surface area (Å²) in [6, 6.07) is 6.30. The van der Waals surface area contributed by atoms with E-state index in [1.807, 2.05) is 32.0 Å². The molecular formula is C18H19N3O4S. The average molecular weight is 373 g/mol. The van der Waals surface area contributed by atoms with Gasteiger partial charge in [-0.05, 0) is 42.7 Å². The van der Waals surface area contributed by atoms with E-state index in [1.165, 1.54) is 18.3 Å². The van der Waals surface area contributed by atoms with Crippen LogP contribution in [0, 0.1) is 19.3 Å². The van der Waals surface area contributed by atoms with Crippen LogP contribution in [0.15, 0.2) is 41.9 Å². The third-order valence-electron chi connectivity index (χ3n) is 4.37. The normalized spacial score (nSPS) is 18.0. The van der Waals surface area contributed by atoms with Crippen LogP contribution < -0.4 is 10.7 Å². The molecule has 0 spiro atoms. The number of sulfone groups is 1. The van der Waals surface area contributed by atoms with Crippen molar-refractivity contribution in [3.8, 4) is 11.1 Å². The number of benzene rings is 1. The molecule has 26 heavy (non-hydrogen) atoms. The summed E-state index contributed by atoms with van der Waals surface area (Å²) in [7, 11) is -3.29. The SMILES string of the molecule is Cc1ccc(-c2cn(O)c(C(=O)NC3C=CS(=O)(=O)C3)cc2=N)cc1C. The molecule has 1 atom stereocenters. The van der Waals surface area contributed by atoms with Gasteiger partial charge in [0.2, 0.25) is 0 Å². The smallest absolute Gasteiger partial charge is 0.271 e. The zero-order chi connectivity index (χ0) is 19.1. The number of carbonyl (C=O) groups excluding carboxylic acids is 1. The van der Waals surface area contributed by atoms with Crippen LogP contribution in [-0.2, 0) is 9.84 Å². The molecule has 1 unspecified atom stereocenters. The molecule has 0 saturated heterocycles. The van der Waals surface area contributed by atoms with Crippen LogP contribution in [-0.4, -0.2) is 36.1 Å². The lowest BCUT2D eigenvalue weighted by molar-refractivity contribution is 0.0892.